The highest BCUT2D eigenvalue weighted by Gasteiger charge is 2.22. The zero-order chi connectivity index (χ0) is 17.5. The number of nitro benzene ring substituents is 1. The van der Waals surface area contributed by atoms with Gasteiger partial charge in [-0.1, -0.05) is 15.9 Å². The van der Waals surface area contributed by atoms with Crippen LogP contribution in [-0.4, -0.2) is 23.6 Å². The highest BCUT2D eigenvalue weighted by molar-refractivity contribution is 9.10. The molecule has 0 unspecified atom stereocenters. The number of halogens is 1. The Balaban J connectivity index is 2.28. The quantitative estimate of drug-likeness (QED) is 0.374. The summed E-state index contributed by atoms with van der Waals surface area (Å²) in [6, 6.07) is 9.73. The second-order valence-corrected chi connectivity index (χ2v) is 7.65. The molecule has 3 rings (SSSR count). The number of benzene rings is 2. The molecule has 24 heavy (non-hydrogen) atoms. The molecule has 0 atom stereocenters. The van der Waals surface area contributed by atoms with Crippen molar-refractivity contribution in [1.82, 2.24) is 3.97 Å². The van der Waals surface area contributed by atoms with Gasteiger partial charge in [-0.25, -0.2) is 12.4 Å². The normalized spacial score (nSPS) is 11.5. The van der Waals surface area contributed by atoms with Crippen LogP contribution in [0.3, 0.4) is 0 Å². The van der Waals surface area contributed by atoms with Crippen molar-refractivity contribution in [2.24, 2.45) is 0 Å². The predicted molar refractivity (Wildman–Crippen MR) is 90.7 cm³/mol. The van der Waals surface area contributed by atoms with Gasteiger partial charge in [0.1, 0.15) is 0 Å². The van der Waals surface area contributed by atoms with E-state index in [-0.39, 0.29) is 27.0 Å². The molecule has 0 bridgehead atoms. The lowest BCUT2D eigenvalue weighted by atomic mass is 10.2. The van der Waals surface area contributed by atoms with E-state index >= 15 is 0 Å². The van der Waals surface area contributed by atoms with Crippen LogP contribution in [0.25, 0.3) is 10.9 Å². The molecular weight excluding hydrogens is 400 g/mol. The number of rotatable bonds is 4. The lowest BCUT2D eigenvalue weighted by Gasteiger charge is -2.07. The van der Waals surface area contributed by atoms with Crippen molar-refractivity contribution in [1.29, 1.82) is 0 Å². The molecule has 3 aromatic rings. The zero-order valence-electron chi connectivity index (χ0n) is 11.9. The Kier molecular flexibility index (Phi) is 3.98. The van der Waals surface area contributed by atoms with Gasteiger partial charge in [-0.2, -0.15) is 0 Å². The highest BCUT2D eigenvalue weighted by atomic mass is 79.9. The van der Waals surface area contributed by atoms with E-state index < -0.39 is 14.9 Å². The third-order valence-corrected chi connectivity index (χ3v) is 5.71. The van der Waals surface area contributed by atoms with E-state index in [0.717, 1.165) is 8.45 Å². The number of nitrogens with zero attached hydrogens (tertiary/aromatic N) is 2. The van der Waals surface area contributed by atoms with Crippen molar-refractivity contribution in [3.05, 3.63) is 68.8 Å². The topological polar surface area (TPSA) is 99.3 Å². The van der Waals surface area contributed by atoms with Crippen LogP contribution in [0.4, 0.5) is 5.69 Å². The van der Waals surface area contributed by atoms with E-state index in [2.05, 4.69) is 15.9 Å². The van der Waals surface area contributed by atoms with Gasteiger partial charge in [0.15, 0.2) is 6.29 Å². The molecule has 0 N–H and O–H groups in total. The first-order chi connectivity index (χ1) is 11.3. The number of fused-ring (bicyclic) bond motifs is 1. The molecule has 2 aromatic carbocycles. The highest BCUT2D eigenvalue weighted by Crippen LogP contribution is 2.28. The summed E-state index contributed by atoms with van der Waals surface area (Å²) in [6.45, 7) is 0. The number of carbonyl (C=O) groups excluding carboxylic acids is 1. The molecular formula is C15H9BrN2O5S. The number of hydrogen-bond acceptors (Lipinski definition) is 5. The third-order valence-electron chi connectivity index (χ3n) is 3.49. The van der Waals surface area contributed by atoms with Crippen molar-refractivity contribution in [3.63, 3.8) is 0 Å². The Labute approximate surface area is 144 Å². The van der Waals surface area contributed by atoms with Crippen molar-refractivity contribution < 1.29 is 18.1 Å². The molecule has 9 heteroatoms. The standard InChI is InChI=1S/C15H9BrN2O5S/c16-11-1-4-13(5-2-11)24(22,23)17-8-10(9-19)14-7-12(18(20)21)3-6-15(14)17/h1-9H. The molecule has 0 amide bonds. The Morgan fingerprint density at radius 3 is 2.38 bits per heavy atom. The van der Waals surface area contributed by atoms with Crippen LogP contribution >= 0.6 is 15.9 Å². The molecule has 0 radical (unpaired) electrons. The summed E-state index contributed by atoms with van der Waals surface area (Å²) in [4.78, 5) is 21.6. The molecule has 1 heterocycles. The van der Waals surface area contributed by atoms with E-state index in [1.807, 2.05) is 0 Å². The van der Waals surface area contributed by atoms with Gasteiger partial charge in [-0.3, -0.25) is 14.9 Å². The van der Waals surface area contributed by atoms with Crippen molar-refractivity contribution in [2.75, 3.05) is 0 Å². The van der Waals surface area contributed by atoms with Gasteiger partial charge in [0.25, 0.3) is 15.7 Å². The summed E-state index contributed by atoms with van der Waals surface area (Å²) in [7, 11) is -3.94. The SMILES string of the molecule is O=Cc1cn(S(=O)(=O)c2ccc(Br)cc2)c2ccc([N+](=O)[O-])cc12. The Bertz CT molecular complexity index is 1070. The van der Waals surface area contributed by atoms with Gasteiger partial charge < -0.3 is 0 Å². The summed E-state index contributed by atoms with van der Waals surface area (Å²) >= 11 is 3.23. The maximum absolute atomic E-state index is 12.8. The number of carbonyl (C=O) groups is 1. The van der Waals surface area contributed by atoms with Gasteiger partial charge >= 0.3 is 0 Å². The number of nitro groups is 1. The fourth-order valence-corrected chi connectivity index (χ4v) is 3.98. The smallest absolute Gasteiger partial charge is 0.270 e. The lowest BCUT2D eigenvalue weighted by molar-refractivity contribution is -0.384. The van der Waals surface area contributed by atoms with E-state index in [0.29, 0.717) is 6.29 Å². The third kappa shape index (κ3) is 2.61. The Morgan fingerprint density at radius 1 is 1.12 bits per heavy atom. The van der Waals surface area contributed by atoms with E-state index in [1.165, 1.54) is 36.5 Å². The van der Waals surface area contributed by atoms with Gasteiger partial charge in [-0.15, -0.1) is 0 Å². The number of aldehydes is 1. The monoisotopic (exact) mass is 408 g/mol. The second kappa shape index (κ2) is 5.84. The maximum atomic E-state index is 12.8. The van der Waals surface area contributed by atoms with Gasteiger partial charge in [-0.05, 0) is 30.3 Å². The molecule has 0 aliphatic heterocycles. The van der Waals surface area contributed by atoms with Gasteiger partial charge in [0, 0.05) is 33.8 Å². The fraction of sp³-hybridized carbons (Fsp3) is 0. The van der Waals surface area contributed by atoms with Crippen molar-refractivity contribution in [3.8, 4) is 0 Å². The summed E-state index contributed by atoms with van der Waals surface area (Å²) < 4.78 is 27.3. The van der Waals surface area contributed by atoms with Crippen LogP contribution in [-0.2, 0) is 10.0 Å². The van der Waals surface area contributed by atoms with Gasteiger partial charge in [0.2, 0.25) is 0 Å². The molecule has 1 aromatic heterocycles. The lowest BCUT2D eigenvalue weighted by Crippen LogP contribution is -2.11. The van der Waals surface area contributed by atoms with E-state index in [9.17, 15) is 23.3 Å². The minimum absolute atomic E-state index is 0.0402. The van der Waals surface area contributed by atoms with Crippen LogP contribution < -0.4 is 0 Å². The number of aromatic nitrogens is 1. The summed E-state index contributed by atoms with van der Waals surface area (Å²) in [6.07, 6.45) is 1.64. The minimum Gasteiger partial charge on any atom is -0.298 e. The molecule has 0 spiro atoms. The Hall–Kier alpha value is -2.52. The number of non-ortho nitro benzene ring substituents is 1. The molecule has 0 aliphatic carbocycles. The van der Waals surface area contributed by atoms with Crippen molar-refractivity contribution in [2.45, 2.75) is 4.90 Å². The molecule has 122 valence electrons. The van der Waals surface area contributed by atoms with Crippen LogP contribution in [0.15, 0.2) is 58.0 Å². The van der Waals surface area contributed by atoms with Crippen molar-refractivity contribution >= 4 is 48.8 Å². The van der Waals surface area contributed by atoms with Crippen LogP contribution in [0.1, 0.15) is 10.4 Å². The minimum atomic E-state index is -3.94. The van der Waals surface area contributed by atoms with Crippen LogP contribution in [0, 0.1) is 10.1 Å². The second-order valence-electron chi connectivity index (χ2n) is 4.92. The van der Waals surface area contributed by atoms with Crippen LogP contribution in [0.2, 0.25) is 0 Å². The summed E-state index contributed by atoms with van der Waals surface area (Å²) in [5.41, 5.74) is 0.0457. The average Bonchev–Trinajstić information content (AvgIpc) is 2.93. The molecule has 7 nitrogen and oxygen atoms in total. The molecule has 0 saturated heterocycles. The zero-order valence-corrected chi connectivity index (χ0v) is 14.3. The molecule has 0 saturated carbocycles. The Morgan fingerprint density at radius 2 is 1.79 bits per heavy atom. The largest absolute Gasteiger partial charge is 0.298 e. The number of hydrogen-bond donors (Lipinski definition) is 0. The summed E-state index contributed by atoms with van der Waals surface area (Å²) in [5, 5.41) is 11.1. The average molecular weight is 409 g/mol. The van der Waals surface area contributed by atoms with E-state index in [4.69, 9.17) is 0 Å². The maximum Gasteiger partial charge on any atom is 0.270 e. The molecule has 0 aliphatic rings. The van der Waals surface area contributed by atoms with Gasteiger partial charge in [0.05, 0.1) is 15.3 Å². The van der Waals surface area contributed by atoms with E-state index in [1.54, 1.807) is 12.1 Å². The molecule has 0 fully saturated rings. The first kappa shape index (κ1) is 16.3. The first-order valence-electron chi connectivity index (χ1n) is 6.60. The first-order valence-corrected chi connectivity index (χ1v) is 8.84. The summed E-state index contributed by atoms with van der Waals surface area (Å²) in [5.74, 6) is 0. The predicted octanol–water partition coefficient (Wildman–Crippen LogP) is 3.36. The van der Waals surface area contributed by atoms with Crippen LogP contribution in [0.5, 0.6) is 0 Å². The fourth-order valence-electron chi connectivity index (χ4n) is 2.34.